The molecular formula is C25H33F13O9. The summed E-state index contributed by atoms with van der Waals surface area (Å²) in [5.41, 5.74) is -7.92. The van der Waals surface area contributed by atoms with Crippen molar-refractivity contribution in [2.75, 3.05) is 6.79 Å². The van der Waals surface area contributed by atoms with Gasteiger partial charge in [0, 0.05) is 0 Å². The zero-order valence-corrected chi connectivity index (χ0v) is 25.6. The Kier molecular flexibility index (Phi) is 11.8. The molecule has 0 aliphatic carbocycles. The third kappa shape index (κ3) is 7.85. The highest BCUT2D eigenvalue weighted by Gasteiger charge is 2.90. The maximum absolute atomic E-state index is 14.4. The number of esters is 2. The first kappa shape index (κ1) is 42.9. The van der Waals surface area contributed by atoms with Gasteiger partial charge in [0.2, 0.25) is 18.0 Å². The number of aliphatic hydroxyl groups is 2. The summed E-state index contributed by atoms with van der Waals surface area (Å²) < 4.78 is 194. The second kappa shape index (κ2) is 12.9. The third-order valence-corrected chi connectivity index (χ3v) is 7.80. The van der Waals surface area contributed by atoms with Gasteiger partial charge in [-0.3, -0.25) is 9.59 Å². The Morgan fingerprint density at radius 1 is 0.745 bits per heavy atom. The fourth-order valence-electron chi connectivity index (χ4n) is 3.39. The standard InChI is InChI=1S/C14H16F10O4.C11H17F3O5/c1-5-8(2,3)7(25)27-6-10(15,16)9(4,13(19,20)21)28-12(26,11(6,17)18)14(22,23)24;1-4-9(2,3)8(15)19-7-5-10(16,11(12,13)14)18-6-17-7/h6,26H,5H2,1-4H3;7,16H,4-6H2,1-3H3. The Morgan fingerprint density at radius 2 is 1.17 bits per heavy atom. The lowest BCUT2D eigenvalue weighted by molar-refractivity contribution is -0.537. The maximum atomic E-state index is 14.4. The smallest absolute Gasteiger partial charge is 0.449 e. The number of carbonyl (C=O) groups excluding carboxylic acids is 2. The summed E-state index contributed by atoms with van der Waals surface area (Å²) in [6.45, 7) is 6.69. The fraction of sp³-hybridized carbons (Fsp3) is 0.920. The van der Waals surface area contributed by atoms with Gasteiger partial charge in [0.15, 0.2) is 6.79 Å². The number of ether oxygens (including phenoxy) is 5. The molecule has 2 fully saturated rings. The Labute approximate surface area is 258 Å². The Hall–Kier alpha value is -2.17. The molecule has 0 bridgehead atoms. The van der Waals surface area contributed by atoms with Gasteiger partial charge in [-0.25, -0.2) is 0 Å². The number of alkyl halides is 13. The predicted octanol–water partition coefficient (Wildman–Crippen LogP) is 6.14. The number of hydrogen-bond donors (Lipinski definition) is 2. The SMILES string of the molecule is CCC(C)(C)C(=O)OC1C(F)(F)C(C)(C(F)(F)F)OC(O)(C(F)(F)F)C1(F)F.CCC(C)(C)C(=O)OC1CC(O)(C(F)(F)F)OCO1. The molecule has 5 unspecified atom stereocenters. The predicted molar refractivity (Wildman–Crippen MR) is 127 cm³/mol. The molecule has 0 aromatic rings. The minimum Gasteiger partial charge on any atom is -0.449 e. The van der Waals surface area contributed by atoms with Crippen molar-refractivity contribution in [3.05, 3.63) is 0 Å². The van der Waals surface area contributed by atoms with E-state index in [1.807, 2.05) is 0 Å². The first-order valence-corrected chi connectivity index (χ1v) is 13.3. The highest BCUT2D eigenvalue weighted by molar-refractivity contribution is 5.76. The average Bonchev–Trinajstić information content (AvgIpc) is 2.88. The van der Waals surface area contributed by atoms with Gasteiger partial charge in [0.1, 0.15) is 0 Å². The van der Waals surface area contributed by atoms with Crippen molar-refractivity contribution >= 4 is 11.9 Å². The van der Waals surface area contributed by atoms with E-state index < -0.39 is 103 Å². The molecule has 2 rings (SSSR count). The van der Waals surface area contributed by atoms with Crippen LogP contribution >= 0.6 is 0 Å². The van der Waals surface area contributed by atoms with Crippen molar-refractivity contribution in [2.24, 2.45) is 10.8 Å². The monoisotopic (exact) mass is 724 g/mol. The van der Waals surface area contributed by atoms with Crippen LogP contribution in [-0.4, -0.2) is 88.9 Å². The van der Waals surface area contributed by atoms with Gasteiger partial charge < -0.3 is 33.9 Å². The molecule has 0 aromatic heterocycles. The van der Waals surface area contributed by atoms with Crippen LogP contribution < -0.4 is 0 Å². The lowest BCUT2D eigenvalue weighted by Crippen LogP contribution is -2.82. The molecule has 2 aliphatic rings. The molecule has 0 amide bonds. The Morgan fingerprint density at radius 3 is 1.53 bits per heavy atom. The van der Waals surface area contributed by atoms with Gasteiger partial charge in [0.05, 0.1) is 17.3 Å². The first-order chi connectivity index (χ1) is 20.5. The lowest BCUT2D eigenvalue weighted by Gasteiger charge is -2.54. The molecular weight excluding hydrogens is 691 g/mol. The zero-order valence-electron chi connectivity index (χ0n) is 25.6. The molecule has 2 aliphatic heterocycles. The van der Waals surface area contributed by atoms with Gasteiger partial charge in [-0.1, -0.05) is 13.8 Å². The summed E-state index contributed by atoms with van der Waals surface area (Å²) in [5, 5.41) is 18.6. The van der Waals surface area contributed by atoms with Crippen molar-refractivity contribution in [1.29, 1.82) is 0 Å². The molecule has 0 saturated carbocycles. The van der Waals surface area contributed by atoms with Crippen LogP contribution in [0.15, 0.2) is 0 Å². The number of halogens is 13. The third-order valence-electron chi connectivity index (χ3n) is 7.80. The van der Waals surface area contributed by atoms with E-state index in [2.05, 4.69) is 14.2 Å². The summed E-state index contributed by atoms with van der Waals surface area (Å²) in [6.07, 6.45) is -24.9. The van der Waals surface area contributed by atoms with Gasteiger partial charge in [-0.2, -0.15) is 57.1 Å². The van der Waals surface area contributed by atoms with E-state index in [0.29, 0.717) is 6.42 Å². The van der Waals surface area contributed by atoms with Gasteiger partial charge in [-0.15, -0.1) is 0 Å². The average molecular weight is 725 g/mol. The summed E-state index contributed by atoms with van der Waals surface area (Å²) in [4.78, 5) is 23.6. The molecule has 0 aromatic carbocycles. The Bertz CT molecular complexity index is 1100. The number of hydrogen-bond acceptors (Lipinski definition) is 9. The van der Waals surface area contributed by atoms with Crippen LogP contribution in [-0.2, 0) is 33.3 Å². The molecule has 2 N–H and O–H groups in total. The summed E-state index contributed by atoms with van der Waals surface area (Å²) in [7, 11) is 0. The molecule has 278 valence electrons. The molecule has 0 spiro atoms. The van der Waals surface area contributed by atoms with E-state index in [0.717, 1.165) is 13.8 Å². The van der Waals surface area contributed by atoms with E-state index >= 15 is 0 Å². The second-order valence-corrected chi connectivity index (χ2v) is 12.0. The molecule has 9 nitrogen and oxygen atoms in total. The lowest BCUT2D eigenvalue weighted by atomic mass is 9.81. The van der Waals surface area contributed by atoms with E-state index in [4.69, 9.17) is 9.47 Å². The fourth-order valence-corrected chi connectivity index (χ4v) is 3.39. The molecule has 2 saturated heterocycles. The highest BCUT2D eigenvalue weighted by Crippen LogP contribution is 2.61. The highest BCUT2D eigenvalue weighted by atomic mass is 19.4. The van der Waals surface area contributed by atoms with E-state index in [1.54, 1.807) is 20.8 Å². The summed E-state index contributed by atoms with van der Waals surface area (Å²) in [5.74, 6) is -24.1. The van der Waals surface area contributed by atoms with E-state index in [9.17, 15) is 76.9 Å². The van der Waals surface area contributed by atoms with Crippen molar-refractivity contribution in [3.8, 4) is 0 Å². The van der Waals surface area contributed by atoms with Crippen LogP contribution in [0.4, 0.5) is 57.1 Å². The molecule has 5 atom stereocenters. The van der Waals surface area contributed by atoms with Crippen LogP contribution in [0.1, 0.15) is 67.7 Å². The largest absolute Gasteiger partial charge is 0.449 e. The number of carbonyl (C=O) groups is 2. The van der Waals surface area contributed by atoms with Crippen LogP contribution in [0.5, 0.6) is 0 Å². The molecule has 47 heavy (non-hydrogen) atoms. The van der Waals surface area contributed by atoms with Crippen LogP contribution in [0.25, 0.3) is 0 Å². The molecule has 22 heteroatoms. The second-order valence-electron chi connectivity index (χ2n) is 12.0. The van der Waals surface area contributed by atoms with Crippen molar-refractivity contribution in [1.82, 2.24) is 0 Å². The minimum atomic E-state index is -6.66. The van der Waals surface area contributed by atoms with Gasteiger partial charge in [0.25, 0.3) is 5.79 Å². The van der Waals surface area contributed by atoms with Crippen molar-refractivity contribution in [2.45, 2.75) is 128 Å². The Balaban J connectivity index is 0.000000506. The minimum absolute atomic E-state index is 0.244. The summed E-state index contributed by atoms with van der Waals surface area (Å²) in [6, 6.07) is 0. The van der Waals surface area contributed by atoms with Crippen molar-refractivity contribution < 1.29 is 101 Å². The van der Waals surface area contributed by atoms with Gasteiger partial charge in [-0.05, 0) is 47.5 Å². The van der Waals surface area contributed by atoms with Crippen LogP contribution in [0.3, 0.4) is 0 Å². The summed E-state index contributed by atoms with van der Waals surface area (Å²) >= 11 is 0. The molecule has 0 radical (unpaired) electrons. The van der Waals surface area contributed by atoms with Crippen LogP contribution in [0, 0.1) is 10.8 Å². The normalized spacial score (nSPS) is 31.7. The van der Waals surface area contributed by atoms with E-state index in [1.165, 1.54) is 6.92 Å². The quantitative estimate of drug-likeness (QED) is 0.246. The molecule has 2 heterocycles. The van der Waals surface area contributed by atoms with E-state index in [-0.39, 0.29) is 6.42 Å². The number of rotatable bonds is 6. The first-order valence-electron chi connectivity index (χ1n) is 13.3. The van der Waals surface area contributed by atoms with Gasteiger partial charge >= 0.3 is 48.1 Å². The topological polar surface area (TPSA) is 121 Å². The zero-order chi connectivity index (χ0) is 37.7. The van der Waals surface area contributed by atoms with Crippen LogP contribution in [0.2, 0.25) is 0 Å². The van der Waals surface area contributed by atoms with Crippen molar-refractivity contribution in [3.63, 3.8) is 0 Å². The maximum Gasteiger partial charge on any atom is 0.449 e.